The lowest BCUT2D eigenvalue weighted by Gasteiger charge is -2.56. The number of carbonyl (C=O) groups is 5. The minimum absolute atomic E-state index is 0.0236. The zero-order valence-corrected chi connectivity index (χ0v) is 20.1. The van der Waals surface area contributed by atoms with Gasteiger partial charge < -0.3 is 19.5 Å². The molecule has 5 rings (SSSR count). The van der Waals surface area contributed by atoms with Gasteiger partial charge in [-0.15, -0.1) is 0 Å². The van der Waals surface area contributed by atoms with E-state index in [4.69, 9.17) is 9.47 Å². The van der Waals surface area contributed by atoms with Crippen molar-refractivity contribution in [3.8, 4) is 0 Å². The van der Waals surface area contributed by atoms with E-state index in [0.29, 0.717) is 5.70 Å². The van der Waals surface area contributed by atoms with E-state index < -0.39 is 53.3 Å². The van der Waals surface area contributed by atoms with Gasteiger partial charge in [-0.2, -0.15) is 0 Å². The number of fused-ring (bicyclic) bond motifs is 5. The van der Waals surface area contributed by atoms with Gasteiger partial charge >= 0.3 is 0 Å². The van der Waals surface area contributed by atoms with E-state index in [1.807, 2.05) is 0 Å². The molecule has 1 fully saturated rings. The fourth-order valence-electron chi connectivity index (χ4n) is 5.96. The molecule has 35 heavy (non-hydrogen) atoms. The Hall–Kier alpha value is -3.63. The van der Waals surface area contributed by atoms with Crippen molar-refractivity contribution >= 4 is 28.9 Å². The Morgan fingerprint density at radius 3 is 1.97 bits per heavy atom. The highest BCUT2D eigenvalue weighted by Gasteiger charge is 2.59. The number of hydrogen-bond acceptors (Lipinski definition) is 10. The zero-order chi connectivity index (χ0) is 25.7. The third kappa shape index (κ3) is 2.63. The number of aliphatic hydroxyl groups is 1. The maximum atomic E-state index is 13.5. The predicted molar refractivity (Wildman–Crippen MR) is 119 cm³/mol. The summed E-state index contributed by atoms with van der Waals surface area (Å²) in [6.45, 7) is 4.56. The fraction of sp³-hybridized carbons (Fsp3) is 0.400. The smallest absolute Gasteiger partial charge is 0.226 e. The SMILES string of the molecule is COC1=C(C)C(=O)C2=C(C1=O)C1C3=CC4=C(C(=O)C(OC)=C(C)C4=O)[C@H](C)N3[C@@H](O)C(C2=O)N1C. The summed E-state index contributed by atoms with van der Waals surface area (Å²) in [5.41, 5.74) is 0.475. The van der Waals surface area contributed by atoms with Crippen molar-refractivity contribution in [1.82, 2.24) is 9.80 Å². The maximum absolute atomic E-state index is 13.5. The van der Waals surface area contributed by atoms with Gasteiger partial charge in [0.1, 0.15) is 6.04 Å². The number of ether oxygens (including phenoxy) is 2. The molecule has 0 saturated carbocycles. The van der Waals surface area contributed by atoms with E-state index in [2.05, 4.69) is 0 Å². The molecular formula is C25H24N2O8. The number of carbonyl (C=O) groups excluding carboxylic acids is 5. The molecule has 10 nitrogen and oxygen atoms in total. The van der Waals surface area contributed by atoms with Crippen molar-refractivity contribution in [1.29, 1.82) is 0 Å². The van der Waals surface area contributed by atoms with Gasteiger partial charge in [-0.05, 0) is 33.9 Å². The number of likely N-dealkylation sites (N-methyl/N-ethyl adjacent to an activating group) is 1. The van der Waals surface area contributed by atoms with Crippen LogP contribution >= 0.6 is 0 Å². The summed E-state index contributed by atoms with van der Waals surface area (Å²) in [4.78, 5) is 69.6. The fourth-order valence-corrected chi connectivity index (χ4v) is 5.96. The molecule has 1 saturated heterocycles. The Morgan fingerprint density at radius 2 is 1.40 bits per heavy atom. The summed E-state index contributed by atoms with van der Waals surface area (Å²) < 4.78 is 10.4. The van der Waals surface area contributed by atoms with Gasteiger partial charge in [-0.3, -0.25) is 28.9 Å². The van der Waals surface area contributed by atoms with Crippen LogP contribution in [0.3, 0.4) is 0 Å². The molecule has 0 aromatic carbocycles. The number of rotatable bonds is 2. The maximum Gasteiger partial charge on any atom is 0.226 e. The van der Waals surface area contributed by atoms with Crippen LogP contribution in [-0.4, -0.2) is 89.4 Å². The molecule has 4 atom stereocenters. The third-order valence-corrected chi connectivity index (χ3v) is 7.61. The Balaban J connectivity index is 1.77. The molecule has 5 aliphatic rings. The molecule has 182 valence electrons. The van der Waals surface area contributed by atoms with Crippen LogP contribution in [0.5, 0.6) is 0 Å². The Kier molecular flexibility index (Phi) is 4.91. The van der Waals surface area contributed by atoms with Crippen molar-refractivity contribution < 1.29 is 38.6 Å². The van der Waals surface area contributed by atoms with Gasteiger partial charge in [0.15, 0.2) is 35.1 Å². The normalized spacial score (nSPS) is 31.1. The predicted octanol–water partition coefficient (Wildman–Crippen LogP) is -0.104. The number of nitrogens with zero attached hydrogens (tertiary/aromatic N) is 2. The molecule has 3 aliphatic heterocycles. The molecule has 3 heterocycles. The number of methoxy groups -OCH3 is 2. The van der Waals surface area contributed by atoms with Crippen LogP contribution in [0.4, 0.5) is 0 Å². The highest BCUT2D eigenvalue weighted by atomic mass is 16.5. The molecule has 0 spiro atoms. The zero-order valence-electron chi connectivity index (χ0n) is 20.1. The number of piperazine rings is 1. The van der Waals surface area contributed by atoms with Crippen molar-refractivity contribution in [2.75, 3.05) is 21.3 Å². The minimum Gasteiger partial charge on any atom is -0.492 e. The lowest BCUT2D eigenvalue weighted by molar-refractivity contribution is -0.145. The molecule has 10 heteroatoms. The second-order valence-corrected chi connectivity index (χ2v) is 9.19. The van der Waals surface area contributed by atoms with Crippen molar-refractivity contribution in [3.63, 3.8) is 0 Å². The van der Waals surface area contributed by atoms with Crippen LogP contribution in [0, 0.1) is 0 Å². The first-order valence-corrected chi connectivity index (χ1v) is 11.1. The Labute approximate surface area is 200 Å². The number of ketones is 5. The molecule has 2 unspecified atom stereocenters. The summed E-state index contributed by atoms with van der Waals surface area (Å²) in [5.74, 6) is -3.00. The lowest BCUT2D eigenvalue weighted by atomic mass is 9.71. The van der Waals surface area contributed by atoms with E-state index in [1.54, 1.807) is 14.0 Å². The third-order valence-electron chi connectivity index (χ3n) is 7.61. The van der Waals surface area contributed by atoms with Crippen LogP contribution in [0.15, 0.2) is 56.7 Å². The van der Waals surface area contributed by atoms with Crippen LogP contribution in [0.25, 0.3) is 0 Å². The van der Waals surface area contributed by atoms with Gasteiger partial charge in [0.2, 0.25) is 11.6 Å². The minimum atomic E-state index is -1.44. The standard InChI is InChI=1S/C25H24N2O8/c1-8-18(28)11-7-12-16-14-15(19(29)9(2)24(35-6)22(14)32)20(30)17(26(16)4)25(33)27(12)10(3)13(11)21(31)23(8)34-5/h7,10,16-17,25,33H,1-6H3/t10-,16?,17?,25-/m0/s1. The summed E-state index contributed by atoms with van der Waals surface area (Å²) in [6.07, 6.45) is 0.0343. The quantitative estimate of drug-likeness (QED) is 0.422. The second-order valence-electron chi connectivity index (χ2n) is 9.19. The average molecular weight is 480 g/mol. The summed E-state index contributed by atoms with van der Waals surface area (Å²) in [6, 6.07) is -2.89. The van der Waals surface area contributed by atoms with Gasteiger partial charge in [-0.25, -0.2) is 0 Å². The van der Waals surface area contributed by atoms with E-state index in [0.717, 1.165) is 0 Å². The number of allylic oxidation sites excluding steroid dienone is 6. The van der Waals surface area contributed by atoms with E-state index in [1.165, 1.54) is 43.9 Å². The van der Waals surface area contributed by atoms with Gasteiger partial charge in [0, 0.05) is 33.6 Å². The summed E-state index contributed by atoms with van der Waals surface area (Å²) in [5, 5.41) is 11.4. The van der Waals surface area contributed by atoms with E-state index >= 15 is 0 Å². The molecular weight excluding hydrogens is 456 g/mol. The largest absolute Gasteiger partial charge is 0.492 e. The first-order chi connectivity index (χ1) is 16.5. The number of aliphatic hydroxyl groups excluding tert-OH is 1. The molecule has 2 bridgehead atoms. The molecule has 2 aliphatic carbocycles. The monoisotopic (exact) mass is 480 g/mol. The van der Waals surface area contributed by atoms with E-state index in [9.17, 15) is 29.1 Å². The Morgan fingerprint density at radius 1 is 0.857 bits per heavy atom. The molecule has 0 radical (unpaired) electrons. The Bertz CT molecular complexity index is 1340. The lowest BCUT2D eigenvalue weighted by Crippen LogP contribution is -2.70. The van der Waals surface area contributed by atoms with Crippen LogP contribution < -0.4 is 0 Å². The average Bonchev–Trinajstić information content (AvgIpc) is 2.80. The van der Waals surface area contributed by atoms with Crippen LogP contribution in [0.2, 0.25) is 0 Å². The highest BCUT2D eigenvalue weighted by molar-refractivity contribution is 6.37. The van der Waals surface area contributed by atoms with Crippen LogP contribution in [-0.2, 0) is 33.4 Å². The second kappa shape index (κ2) is 7.43. The summed E-state index contributed by atoms with van der Waals surface area (Å²) in [7, 11) is 4.16. The molecule has 1 N–H and O–H groups in total. The topological polar surface area (TPSA) is 131 Å². The molecule has 0 amide bonds. The molecule has 0 aromatic rings. The van der Waals surface area contributed by atoms with Crippen molar-refractivity contribution in [3.05, 3.63) is 56.7 Å². The molecule has 0 aromatic heterocycles. The van der Waals surface area contributed by atoms with Crippen molar-refractivity contribution in [2.24, 2.45) is 0 Å². The van der Waals surface area contributed by atoms with Crippen molar-refractivity contribution in [2.45, 2.75) is 45.1 Å². The number of hydrogen-bond donors (Lipinski definition) is 1. The van der Waals surface area contributed by atoms with Gasteiger partial charge in [0.25, 0.3) is 0 Å². The van der Waals surface area contributed by atoms with E-state index in [-0.39, 0.29) is 45.0 Å². The van der Waals surface area contributed by atoms with Gasteiger partial charge in [-0.1, -0.05) is 0 Å². The summed E-state index contributed by atoms with van der Waals surface area (Å²) >= 11 is 0. The number of Topliss-reactive ketones (excluding diaryl/α,β-unsaturated/α-hetero) is 5. The first-order valence-electron chi connectivity index (χ1n) is 11.1. The first kappa shape index (κ1) is 23.1. The van der Waals surface area contributed by atoms with Crippen LogP contribution in [0.1, 0.15) is 20.8 Å². The van der Waals surface area contributed by atoms with Gasteiger partial charge in [0.05, 0.1) is 31.9 Å². The highest BCUT2D eigenvalue weighted by Crippen LogP contribution is 2.47.